The Balaban J connectivity index is 1.26. The second-order valence-corrected chi connectivity index (χ2v) is 11.1. The van der Waals surface area contributed by atoms with E-state index in [0.717, 1.165) is 77.0 Å². The minimum Gasteiger partial charge on any atom is -0.437 e. The van der Waals surface area contributed by atoms with Crippen molar-refractivity contribution in [3.05, 3.63) is 64.3 Å². The van der Waals surface area contributed by atoms with Crippen molar-refractivity contribution in [2.45, 2.75) is 55.5 Å². The molecule has 3 N–H and O–H groups in total. The molecule has 2 aromatic carbocycles. The molecule has 7 nitrogen and oxygen atoms in total. The first-order valence-corrected chi connectivity index (χ1v) is 14.1. The maximum absolute atomic E-state index is 9.26. The van der Waals surface area contributed by atoms with Crippen LogP contribution in [0.3, 0.4) is 0 Å². The molecular weight excluding hydrogens is 488 g/mol. The van der Waals surface area contributed by atoms with Crippen LogP contribution in [-0.4, -0.2) is 39.8 Å². The average Bonchev–Trinajstić information content (AvgIpc) is 3.36. The van der Waals surface area contributed by atoms with Gasteiger partial charge in [0.15, 0.2) is 0 Å². The second kappa shape index (κ2) is 11.1. The Morgan fingerprint density at radius 2 is 1.89 bits per heavy atom. The van der Waals surface area contributed by atoms with Crippen LogP contribution in [0, 0.1) is 25.2 Å². The Kier molecular flexibility index (Phi) is 7.67. The van der Waals surface area contributed by atoms with Crippen LogP contribution in [0.2, 0.25) is 0 Å². The van der Waals surface area contributed by atoms with E-state index in [1.54, 1.807) is 11.8 Å². The molecule has 0 unspecified atom stereocenters. The van der Waals surface area contributed by atoms with E-state index in [1.165, 1.54) is 17.5 Å². The summed E-state index contributed by atoms with van der Waals surface area (Å²) in [4.78, 5) is 14.2. The number of hydrogen-bond donors (Lipinski definition) is 2. The molecule has 0 saturated carbocycles. The van der Waals surface area contributed by atoms with E-state index in [4.69, 9.17) is 19.8 Å². The maximum Gasteiger partial charge on any atom is 0.238 e. The number of fused-ring (bicyclic) bond motifs is 1. The van der Waals surface area contributed by atoms with Gasteiger partial charge in [0.2, 0.25) is 11.8 Å². The fourth-order valence-electron chi connectivity index (χ4n) is 4.79. The Hall–Kier alpha value is -2.77. The van der Waals surface area contributed by atoms with Gasteiger partial charge < -0.3 is 10.1 Å². The number of ether oxygens (including phenoxy) is 1. The molecule has 0 spiro atoms. The number of nitrogens with one attached hydrogen (secondary N) is 1. The molecule has 2 aliphatic rings. The standard InChI is InChI=1S/C27H30N6OS2/c1-17-13-20(15-28)14-18(2)24(17)34-26-25-23(9-12-35-25)31-27(32-26)30-21-7-10-33(11-8-21)16-19-3-5-22(36-29)6-4-19/h3-6,13-14,21H,7-12,16,29H2,1-2H3,(H,30,31,32). The Morgan fingerprint density at radius 1 is 1.17 bits per heavy atom. The van der Waals surface area contributed by atoms with Gasteiger partial charge in [0.1, 0.15) is 5.75 Å². The fraction of sp³-hybridized carbons (Fsp3) is 0.370. The first-order chi connectivity index (χ1) is 17.5. The molecule has 0 radical (unpaired) electrons. The molecule has 186 valence electrons. The van der Waals surface area contributed by atoms with E-state index < -0.39 is 0 Å². The molecule has 0 aliphatic carbocycles. The number of piperidine rings is 1. The number of anilines is 1. The first-order valence-electron chi connectivity index (χ1n) is 12.2. The largest absolute Gasteiger partial charge is 0.437 e. The number of likely N-dealkylation sites (tertiary alicyclic amines) is 1. The van der Waals surface area contributed by atoms with Crippen molar-refractivity contribution in [1.82, 2.24) is 14.9 Å². The fourth-order valence-corrected chi connectivity index (χ4v) is 6.11. The van der Waals surface area contributed by atoms with Gasteiger partial charge in [-0.15, -0.1) is 11.8 Å². The van der Waals surface area contributed by atoms with Crippen LogP contribution in [0.1, 0.15) is 40.8 Å². The van der Waals surface area contributed by atoms with Crippen molar-refractivity contribution in [3.8, 4) is 17.7 Å². The highest BCUT2D eigenvalue weighted by Gasteiger charge is 2.25. The van der Waals surface area contributed by atoms with Gasteiger partial charge in [-0.1, -0.05) is 12.1 Å². The number of nitrogens with two attached hydrogens (primary N) is 1. The van der Waals surface area contributed by atoms with Crippen molar-refractivity contribution in [2.24, 2.45) is 5.14 Å². The van der Waals surface area contributed by atoms with Crippen LogP contribution < -0.4 is 15.2 Å². The summed E-state index contributed by atoms with van der Waals surface area (Å²) in [6.45, 7) is 6.94. The number of rotatable bonds is 7. The van der Waals surface area contributed by atoms with Crippen LogP contribution in [0.5, 0.6) is 11.6 Å². The van der Waals surface area contributed by atoms with Crippen molar-refractivity contribution in [1.29, 1.82) is 5.26 Å². The lowest BCUT2D eigenvalue weighted by Crippen LogP contribution is -2.39. The van der Waals surface area contributed by atoms with E-state index >= 15 is 0 Å². The van der Waals surface area contributed by atoms with Gasteiger partial charge in [0, 0.05) is 42.7 Å². The summed E-state index contributed by atoms with van der Waals surface area (Å²) >= 11 is 3.03. The van der Waals surface area contributed by atoms with Gasteiger partial charge in [-0.25, -0.2) is 4.98 Å². The Labute approximate surface area is 221 Å². The summed E-state index contributed by atoms with van der Waals surface area (Å²) in [6.07, 6.45) is 2.99. The van der Waals surface area contributed by atoms with Crippen molar-refractivity contribution < 1.29 is 4.74 Å². The van der Waals surface area contributed by atoms with Crippen LogP contribution in [0.15, 0.2) is 46.2 Å². The number of nitrogens with zero attached hydrogens (tertiary/aromatic N) is 4. The van der Waals surface area contributed by atoms with E-state index in [-0.39, 0.29) is 0 Å². The third-order valence-corrected chi connectivity index (χ3v) is 8.32. The quantitative estimate of drug-likeness (QED) is 0.396. The number of benzene rings is 2. The number of hydrogen-bond acceptors (Lipinski definition) is 9. The molecule has 3 heterocycles. The molecule has 5 rings (SSSR count). The highest BCUT2D eigenvalue weighted by molar-refractivity contribution is 7.99. The Bertz CT molecular complexity index is 1260. The van der Waals surface area contributed by atoms with Gasteiger partial charge in [-0.3, -0.25) is 10.0 Å². The smallest absolute Gasteiger partial charge is 0.238 e. The summed E-state index contributed by atoms with van der Waals surface area (Å²) in [7, 11) is 0. The minimum absolute atomic E-state index is 0.329. The van der Waals surface area contributed by atoms with Crippen molar-refractivity contribution in [3.63, 3.8) is 0 Å². The number of thioether (sulfide) groups is 1. The normalized spacial score (nSPS) is 15.9. The lowest BCUT2D eigenvalue weighted by Gasteiger charge is -2.32. The highest BCUT2D eigenvalue weighted by Crippen LogP contribution is 2.41. The van der Waals surface area contributed by atoms with E-state index in [0.29, 0.717) is 23.4 Å². The van der Waals surface area contributed by atoms with Crippen LogP contribution in [-0.2, 0) is 13.0 Å². The molecule has 9 heteroatoms. The van der Waals surface area contributed by atoms with Gasteiger partial charge in [0.25, 0.3) is 0 Å². The zero-order valence-corrected chi connectivity index (χ0v) is 22.2. The summed E-state index contributed by atoms with van der Waals surface area (Å²) < 4.78 is 6.37. The number of nitriles is 1. The van der Waals surface area contributed by atoms with Gasteiger partial charge in [-0.05, 0) is 79.6 Å². The lowest BCUT2D eigenvalue weighted by molar-refractivity contribution is 0.211. The SMILES string of the molecule is Cc1cc(C#N)cc(C)c1Oc1nc(NC2CCN(Cc3ccc(SN)cc3)CC2)nc2c1SCC2. The molecule has 1 saturated heterocycles. The van der Waals surface area contributed by atoms with Gasteiger partial charge >= 0.3 is 0 Å². The lowest BCUT2D eigenvalue weighted by atomic mass is 10.0. The monoisotopic (exact) mass is 518 g/mol. The predicted octanol–water partition coefficient (Wildman–Crippen LogP) is 5.45. The van der Waals surface area contributed by atoms with E-state index in [1.807, 2.05) is 26.0 Å². The predicted molar refractivity (Wildman–Crippen MR) is 146 cm³/mol. The van der Waals surface area contributed by atoms with Crippen molar-refractivity contribution >= 4 is 29.7 Å². The van der Waals surface area contributed by atoms with Crippen LogP contribution in [0.4, 0.5) is 5.95 Å². The van der Waals surface area contributed by atoms with Crippen LogP contribution >= 0.6 is 23.7 Å². The molecule has 1 fully saturated rings. The molecule has 1 aromatic heterocycles. The maximum atomic E-state index is 9.26. The molecule has 0 bridgehead atoms. The molecular formula is C27H30N6OS2. The van der Waals surface area contributed by atoms with E-state index in [2.05, 4.69) is 40.6 Å². The zero-order chi connectivity index (χ0) is 25.1. The molecule has 2 aliphatic heterocycles. The van der Waals surface area contributed by atoms with E-state index in [9.17, 15) is 5.26 Å². The van der Waals surface area contributed by atoms with Gasteiger partial charge in [-0.2, -0.15) is 10.2 Å². The topological polar surface area (TPSA) is 100 Å². The third-order valence-electron chi connectivity index (χ3n) is 6.66. The Morgan fingerprint density at radius 3 is 2.56 bits per heavy atom. The summed E-state index contributed by atoms with van der Waals surface area (Å²) in [5, 5.41) is 18.5. The molecule has 0 amide bonds. The van der Waals surface area contributed by atoms with Crippen LogP contribution in [0.25, 0.3) is 0 Å². The molecule has 0 atom stereocenters. The number of aromatic nitrogens is 2. The summed E-state index contributed by atoms with van der Waals surface area (Å²) in [5.74, 6) is 3.00. The third kappa shape index (κ3) is 5.62. The van der Waals surface area contributed by atoms with Gasteiger partial charge in [0.05, 0.1) is 22.2 Å². The second-order valence-electron chi connectivity index (χ2n) is 9.34. The zero-order valence-electron chi connectivity index (χ0n) is 20.6. The average molecular weight is 519 g/mol. The van der Waals surface area contributed by atoms with Crippen molar-refractivity contribution in [2.75, 3.05) is 24.2 Å². The first kappa shape index (κ1) is 24.9. The minimum atomic E-state index is 0.329. The number of aryl methyl sites for hydroxylation is 3. The molecule has 3 aromatic rings. The summed E-state index contributed by atoms with van der Waals surface area (Å²) in [6, 6.07) is 14.7. The summed E-state index contributed by atoms with van der Waals surface area (Å²) in [5.41, 5.74) is 4.86. The molecule has 36 heavy (non-hydrogen) atoms. The highest BCUT2D eigenvalue weighted by atomic mass is 32.2.